The van der Waals surface area contributed by atoms with E-state index >= 15 is 0 Å². The van der Waals surface area contributed by atoms with Crippen molar-refractivity contribution >= 4 is 50.0 Å². The van der Waals surface area contributed by atoms with E-state index in [1.54, 1.807) is 9.80 Å². The van der Waals surface area contributed by atoms with Crippen LogP contribution in [0.25, 0.3) is 10.9 Å². The summed E-state index contributed by atoms with van der Waals surface area (Å²) in [6, 6.07) is 15.0. The number of aromatic nitrogens is 1. The molecule has 3 heterocycles. The molecule has 41 heavy (non-hydrogen) atoms. The molecule has 2 aliphatic rings. The first-order valence-corrected chi connectivity index (χ1v) is 16.3. The number of carbonyl (C=O) groups excluding carboxylic acids is 2. The Hall–Kier alpha value is -3.12. The second-order valence-corrected chi connectivity index (χ2v) is 13.3. The minimum absolute atomic E-state index is 0.0573. The molecule has 0 saturated carbocycles. The van der Waals surface area contributed by atoms with Crippen LogP contribution in [0.15, 0.2) is 48.5 Å². The molecule has 3 amide bonds. The number of nitrogens with zero attached hydrogens (tertiary/aromatic N) is 4. The van der Waals surface area contributed by atoms with Crippen molar-refractivity contribution in [2.24, 2.45) is 0 Å². The fourth-order valence-corrected chi connectivity index (χ4v) is 6.30. The number of aryl methyl sites for hydroxylation is 1. The molecule has 0 unspecified atom stereocenters. The van der Waals surface area contributed by atoms with E-state index in [0.717, 1.165) is 47.5 Å². The average Bonchev–Trinajstić information content (AvgIpc) is 3.19. The Kier molecular flexibility index (Phi) is 9.18. The predicted octanol–water partition coefficient (Wildman–Crippen LogP) is 3.12. The lowest BCUT2D eigenvalue weighted by molar-refractivity contribution is -0.119. The highest BCUT2D eigenvalue weighted by molar-refractivity contribution is 7.90. The Morgan fingerprint density at radius 3 is 2.61 bits per heavy atom. The van der Waals surface area contributed by atoms with Gasteiger partial charge in [0.2, 0.25) is 5.91 Å². The Bertz CT molecular complexity index is 1520. The zero-order valence-corrected chi connectivity index (χ0v) is 24.8. The maximum absolute atomic E-state index is 13.7. The number of amides is 3. The summed E-state index contributed by atoms with van der Waals surface area (Å²) >= 11 is 6.27. The van der Waals surface area contributed by atoms with Crippen LogP contribution in [0.4, 0.5) is 10.5 Å². The summed E-state index contributed by atoms with van der Waals surface area (Å²) in [5, 5.41) is 4.50. The first kappa shape index (κ1) is 29.4. The minimum atomic E-state index is -3.11. The van der Waals surface area contributed by atoms with Gasteiger partial charge < -0.3 is 24.4 Å². The molecule has 5 rings (SSSR count). The monoisotopic (exact) mass is 601 g/mol. The summed E-state index contributed by atoms with van der Waals surface area (Å²) in [5.74, 6) is -0.120. The van der Waals surface area contributed by atoms with Gasteiger partial charge in [-0.1, -0.05) is 29.8 Å². The van der Waals surface area contributed by atoms with Gasteiger partial charge >= 0.3 is 6.03 Å². The number of fused-ring (bicyclic) bond motifs is 2. The number of anilines is 1. The summed E-state index contributed by atoms with van der Waals surface area (Å²) < 4.78 is 31.0. The van der Waals surface area contributed by atoms with Gasteiger partial charge in [-0.05, 0) is 42.3 Å². The Morgan fingerprint density at radius 1 is 1.05 bits per heavy atom. The SMILES string of the molecule is CS(=O)(=O)CCCn1c(CN2C(=O)CN(C(=O)NCCN3CCOCC3)Cc3ccccc32)cc2cc(Cl)ccc21. The normalized spacial score (nSPS) is 16.6. The molecule has 0 radical (unpaired) electrons. The maximum atomic E-state index is 13.7. The standard InChI is InChI=1S/C29H36ClN5O5S/c1-41(38,39)16-4-10-34-25(18-23-17-24(30)7-8-27(23)34)20-35-26-6-3-2-5-22(26)19-33(21-28(35)36)29(37)31-9-11-32-12-14-40-15-13-32/h2-3,5-8,17-18H,4,9-16,19-21H2,1H3,(H,31,37). The number of hydrogen-bond acceptors (Lipinski definition) is 6. The molecule has 0 bridgehead atoms. The molecule has 0 aliphatic carbocycles. The lowest BCUT2D eigenvalue weighted by Crippen LogP contribution is -2.47. The van der Waals surface area contributed by atoms with Crippen molar-refractivity contribution < 1.29 is 22.7 Å². The van der Waals surface area contributed by atoms with Crippen LogP contribution in [0.2, 0.25) is 5.02 Å². The van der Waals surface area contributed by atoms with Crippen LogP contribution in [0.1, 0.15) is 17.7 Å². The number of rotatable bonds is 9. The number of hydrogen-bond donors (Lipinski definition) is 1. The van der Waals surface area contributed by atoms with E-state index < -0.39 is 9.84 Å². The molecule has 10 nitrogen and oxygen atoms in total. The molecular formula is C29H36ClN5O5S. The van der Waals surface area contributed by atoms with Crippen LogP contribution in [0.3, 0.4) is 0 Å². The van der Waals surface area contributed by atoms with E-state index in [0.29, 0.717) is 44.3 Å². The molecule has 220 valence electrons. The first-order chi connectivity index (χ1) is 19.7. The summed E-state index contributed by atoms with van der Waals surface area (Å²) in [6.45, 7) is 5.32. The highest BCUT2D eigenvalue weighted by atomic mass is 35.5. The fraction of sp³-hybridized carbons (Fsp3) is 0.448. The quantitative estimate of drug-likeness (QED) is 0.404. The third kappa shape index (κ3) is 7.40. The topological polar surface area (TPSA) is 104 Å². The number of sulfone groups is 1. The van der Waals surface area contributed by atoms with E-state index in [1.165, 1.54) is 6.26 Å². The number of morpholine rings is 1. The summed E-state index contributed by atoms with van der Waals surface area (Å²) in [6.07, 6.45) is 1.68. The second-order valence-electron chi connectivity index (χ2n) is 10.6. The Balaban J connectivity index is 1.36. The van der Waals surface area contributed by atoms with Crippen molar-refractivity contribution in [1.29, 1.82) is 0 Å². The van der Waals surface area contributed by atoms with Gasteiger partial charge in [-0.2, -0.15) is 0 Å². The highest BCUT2D eigenvalue weighted by Crippen LogP contribution is 2.30. The Labute approximate surface area is 245 Å². The molecule has 2 aliphatic heterocycles. The van der Waals surface area contributed by atoms with Crippen LogP contribution < -0.4 is 10.2 Å². The van der Waals surface area contributed by atoms with Crippen molar-refractivity contribution in [2.75, 3.05) is 62.8 Å². The van der Waals surface area contributed by atoms with Gasteiger partial charge in [-0.15, -0.1) is 0 Å². The number of urea groups is 1. The van der Waals surface area contributed by atoms with Gasteiger partial charge in [0, 0.05) is 66.3 Å². The number of ether oxygens (including phenoxy) is 1. The van der Waals surface area contributed by atoms with Crippen LogP contribution in [-0.4, -0.2) is 92.7 Å². The zero-order chi connectivity index (χ0) is 29.0. The lowest BCUT2D eigenvalue weighted by atomic mass is 10.1. The number of halogens is 1. The van der Waals surface area contributed by atoms with Crippen molar-refractivity contribution in [3.8, 4) is 0 Å². The van der Waals surface area contributed by atoms with Gasteiger partial charge in [0.15, 0.2) is 0 Å². The summed E-state index contributed by atoms with van der Waals surface area (Å²) in [5.41, 5.74) is 3.42. The van der Waals surface area contributed by atoms with E-state index in [4.69, 9.17) is 16.3 Å². The van der Waals surface area contributed by atoms with Gasteiger partial charge in [0.25, 0.3) is 0 Å². The third-order valence-electron chi connectivity index (χ3n) is 7.53. The number of nitrogens with one attached hydrogen (secondary N) is 1. The smallest absolute Gasteiger partial charge is 0.318 e. The van der Waals surface area contributed by atoms with E-state index in [-0.39, 0.29) is 30.8 Å². The lowest BCUT2D eigenvalue weighted by Gasteiger charge is -2.27. The maximum Gasteiger partial charge on any atom is 0.318 e. The molecule has 1 N–H and O–H groups in total. The first-order valence-electron chi connectivity index (χ1n) is 13.8. The van der Waals surface area contributed by atoms with Gasteiger partial charge in [0.05, 0.1) is 32.1 Å². The van der Waals surface area contributed by atoms with Crippen molar-refractivity contribution in [2.45, 2.75) is 26.1 Å². The molecule has 0 spiro atoms. The molecular weight excluding hydrogens is 566 g/mol. The average molecular weight is 602 g/mol. The second kappa shape index (κ2) is 12.8. The molecule has 3 aromatic rings. The fourth-order valence-electron chi connectivity index (χ4n) is 5.47. The summed E-state index contributed by atoms with van der Waals surface area (Å²) in [7, 11) is -3.11. The molecule has 2 aromatic carbocycles. The number of carbonyl (C=O) groups is 2. The van der Waals surface area contributed by atoms with E-state index in [2.05, 4.69) is 14.8 Å². The van der Waals surface area contributed by atoms with Gasteiger partial charge in [-0.25, -0.2) is 13.2 Å². The Morgan fingerprint density at radius 2 is 1.83 bits per heavy atom. The van der Waals surface area contributed by atoms with E-state index in [9.17, 15) is 18.0 Å². The molecule has 1 saturated heterocycles. The van der Waals surface area contributed by atoms with Crippen molar-refractivity contribution in [3.63, 3.8) is 0 Å². The zero-order valence-electron chi connectivity index (χ0n) is 23.2. The molecule has 12 heteroatoms. The molecule has 0 atom stereocenters. The number of para-hydroxylation sites is 1. The minimum Gasteiger partial charge on any atom is -0.379 e. The predicted molar refractivity (Wildman–Crippen MR) is 160 cm³/mol. The third-order valence-corrected chi connectivity index (χ3v) is 8.80. The van der Waals surface area contributed by atoms with Crippen molar-refractivity contribution in [1.82, 2.24) is 19.7 Å². The molecule has 1 fully saturated rings. The number of benzene rings is 2. The largest absolute Gasteiger partial charge is 0.379 e. The van der Waals surface area contributed by atoms with E-state index in [1.807, 2.05) is 48.5 Å². The van der Waals surface area contributed by atoms with Crippen LogP contribution in [-0.2, 0) is 39.0 Å². The van der Waals surface area contributed by atoms with Crippen LogP contribution >= 0.6 is 11.6 Å². The van der Waals surface area contributed by atoms with Crippen LogP contribution in [0, 0.1) is 0 Å². The highest BCUT2D eigenvalue weighted by Gasteiger charge is 2.30. The summed E-state index contributed by atoms with van der Waals surface area (Å²) in [4.78, 5) is 32.4. The van der Waals surface area contributed by atoms with Crippen LogP contribution in [0.5, 0.6) is 0 Å². The molecule has 1 aromatic heterocycles. The van der Waals surface area contributed by atoms with Crippen molar-refractivity contribution in [3.05, 3.63) is 64.8 Å². The van der Waals surface area contributed by atoms with Gasteiger partial charge in [0.1, 0.15) is 16.4 Å². The van der Waals surface area contributed by atoms with Gasteiger partial charge in [-0.3, -0.25) is 9.69 Å².